The average molecular weight is 338 g/mol. The molecule has 6 heteroatoms. The van der Waals surface area contributed by atoms with Crippen LogP contribution in [0.5, 0.6) is 11.6 Å². The molecule has 0 aliphatic carbocycles. The van der Waals surface area contributed by atoms with Gasteiger partial charge in [0.15, 0.2) is 0 Å². The van der Waals surface area contributed by atoms with Crippen molar-refractivity contribution in [3.63, 3.8) is 0 Å². The quantitative estimate of drug-likeness (QED) is 0.860. The summed E-state index contributed by atoms with van der Waals surface area (Å²) in [6.07, 6.45) is 3.93. The molecule has 1 N–H and O–H groups in total. The summed E-state index contributed by atoms with van der Waals surface area (Å²) in [4.78, 5) is 14.4. The first-order valence-electron chi connectivity index (χ1n) is 5.54. The number of aromatic nitrogens is 1. The zero-order valence-corrected chi connectivity index (χ0v) is 11.7. The summed E-state index contributed by atoms with van der Waals surface area (Å²) in [5.41, 5.74) is 0.639. The van der Waals surface area contributed by atoms with Crippen molar-refractivity contribution >= 4 is 28.0 Å². The molecule has 2 aromatic rings. The fourth-order valence-corrected chi connectivity index (χ4v) is 1.74. The molecule has 0 bridgehead atoms. The van der Waals surface area contributed by atoms with Crippen molar-refractivity contribution in [2.75, 3.05) is 0 Å². The number of benzene rings is 1. The van der Waals surface area contributed by atoms with Crippen LogP contribution in [0.25, 0.3) is 6.08 Å². The molecule has 0 radical (unpaired) electrons. The third-order valence-corrected chi connectivity index (χ3v) is 2.90. The van der Waals surface area contributed by atoms with Gasteiger partial charge in [0.2, 0.25) is 5.88 Å². The van der Waals surface area contributed by atoms with Crippen LogP contribution in [0.2, 0.25) is 0 Å². The average Bonchev–Trinajstić information content (AvgIpc) is 2.42. The predicted octanol–water partition coefficient (Wildman–Crippen LogP) is 3.87. The molecule has 102 valence electrons. The van der Waals surface area contributed by atoms with E-state index in [1.807, 2.05) is 0 Å². The number of carboxylic acids is 1. The number of nitrogens with zero attached hydrogens (tertiary/aromatic N) is 1. The van der Waals surface area contributed by atoms with E-state index in [0.29, 0.717) is 21.7 Å². The largest absolute Gasteiger partial charge is 0.478 e. The maximum absolute atomic E-state index is 13.1. The lowest BCUT2D eigenvalue weighted by atomic mass is 10.2. The smallest absolute Gasteiger partial charge is 0.328 e. The van der Waals surface area contributed by atoms with Crippen molar-refractivity contribution in [3.8, 4) is 11.6 Å². The standard InChI is InChI=1S/C14H9BrFNO3/c15-11-7-10(3-4-12(11)16)20-13-5-1-9(8-17-13)2-6-14(18)19/h1-8H,(H,18,19)/b6-2+. The van der Waals surface area contributed by atoms with Crippen molar-refractivity contribution in [2.24, 2.45) is 0 Å². The minimum atomic E-state index is -1.03. The number of aliphatic carboxylic acids is 1. The molecule has 0 aliphatic rings. The fraction of sp³-hybridized carbons (Fsp3) is 0. The lowest BCUT2D eigenvalue weighted by molar-refractivity contribution is -0.131. The van der Waals surface area contributed by atoms with Crippen LogP contribution in [-0.4, -0.2) is 16.1 Å². The summed E-state index contributed by atoms with van der Waals surface area (Å²) in [6, 6.07) is 7.53. The Morgan fingerprint density at radius 1 is 1.35 bits per heavy atom. The third-order valence-electron chi connectivity index (χ3n) is 2.29. The predicted molar refractivity (Wildman–Crippen MR) is 75.1 cm³/mol. The van der Waals surface area contributed by atoms with Gasteiger partial charge in [0.25, 0.3) is 0 Å². The molecule has 0 amide bonds. The SMILES string of the molecule is O=C(O)/C=C/c1ccc(Oc2ccc(F)c(Br)c2)nc1. The van der Waals surface area contributed by atoms with Crippen LogP contribution in [-0.2, 0) is 4.79 Å². The number of rotatable bonds is 4. The lowest BCUT2D eigenvalue weighted by Gasteiger charge is -2.05. The van der Waals surface area contributed by atoms with Gasteiger partial charge in [-0.1, -0.05) is 0 Å². The Hall–Kier alpha value is -2.21. The van der Waals surface area contributed by atoms with Crippen molar-refractivity contribution in [1.82, 2.24) is 4.98 Å². The fourth-order valence-electron chi connectivity index (χ4n) is 1.38. The number of halogens is 2. The van der Waals surface area contributed by atoms with Crippen LogP contribution >= 0.6 is 15.9 Å². The highest BCUT2D eigenvalue weighted by molar-refractivity contribution is 9.10. The molecule has 0 spiro atoms. The van der Waals surface area contributed by atoms with Crippen LogP contribution in [0, 0.1) is 5.82 Å². The molecular formula is C14H9BrFNO3. The first-order chi connectivity index (χ1) is 9.54. The zero-order valence-electron chi connectivity index (χ0n) is 10.1. The van der Waals surface area contributed by atoms with Crippen molar-refractivity contribution in [1.29, 1.82) is 0 Å². The maximum Gasteiger partial charge on any atom is 0.328 e. The van der Waals surface area contributed by atoms with Gasteiger partial charge < -0.3 is 9.84 Å². The summed E-state index contributed by atoms with van der Waals surface area (Å²) in [5.74, 6) is -0.628. The number of ether oxygens (including phenoxy) is 1. The van der Waals surface area contributed by atoms with E-state index in [2.05, 4.69) is 20.9 Å². The Bertz CT molecular complexity index is 656. The highest BCUT2D eigenvalue weighted by Crippen LogP contribution is 2.25. The monoisotopic (exact) mass is 337 g/mol. The summed E-state index contributed by atoms with van der Waals surface area (Å²) in [5, 5.41) is 8.51. The van der Waals surface area contributed by atoms with Crippen LogP contribution < -0.4 is 4.74 Å². The van der Waals surface area contributed by atoms with Gasteiger partial charge in [-0.05, 0) is 51.8 Å². The number of hydrogen-bond donors (Lipinski definition) is 1. The second-order valence-corrected chi connectivity index (χ2v) is 4.63. The zero-order chi connectivity index (χ0) is 14.5. The van der Waals surface area contributed by atoms with Crippen LogP contribution in [0.1, 0.15) is 5.56 Å². The second kappa shape index (κ2) is 6.29. The van der Waals surface area contributed by atoms with Gasteiger partial charge >= 0.3 is 5.97 Å². The molecule has 20 heavy (non-hydrogen) atoms. The normalized spacial score (nSPS) is 10.7. The van der Waals surface area contributed by atoms with E-state index < -0.39 is 5.97 Å². The minimum Gasteiger partial charge on any atom is -0.478 e. The number of carbonyl (C=O) groups is 1. The summed E-state index contributed by atoms with van der Waals surface area (Å²) in [6.45, 7) is 0. The Balaban J connectivity index is 2.10. The maximum atomic E-state index is 13.1. The Kier molecular flexibility index (Phi) is 4.47. The molecule has 4 nitrogen and oxygen atoms in total. The van der Waals surface area contributed by atoms with Crippen LogP contribution in [0.15, 0.2) is 47.1 Å². The lowest BCUT2D eigenvalue weighted by Crippen LogP contribution is -1.90. The van der Waals surface area contributed by atoms with Gasteiger partial charge in [-0.3, -0.25) is 0 Å². The molecule has 0 saturated carbocycles. The third kappa shape index (κ3) is 3.89. The van der Waals surface area contributed by atoms with E-state index in [-0.39, 0.29) is 5.82 Å². The first-order valence-corrected chi connectivity index (χ1v) is 6.34. The van der Waals surface area contributed by atoms with E-state index >= 15 is 0 Å². The van der Waals surface area contributed by atoms with Gasteiger partial charge in [-0.25, -0.2) is 14.2 Å². The van der Waals surface area contributed by atoms with E-state index in [4.69, 9.17) is 9.84 Å². The molecule has 0 unspecified atom stereocenters. The van der Waals surface area contributed by atoms with Crippen molar-refractivity contribution in [3.05, 3.63) is 58.5 Å². The van der Waals surface area contributed by atoms with Gasteiger partial charge in [0.05, 0.1) is 4.47 Å². The summed E-state index contributed by atoms with van der Waals surface area (Å²) in [7, 11) is 0. The number of hydrogen-bond acceptors (Lipinski definition) is 3. The molecular weight excluding hydrogens is 329 g/mol. The van der Waals surface area contributed by atoms with E-state index in [0.717, 1.165) is 6.08 Å². The molecule has 0 saturated heterocycles. The van der Waals surface area contributed by atoms with Crippen molar-refractivity contribution in [2.45, 2.75) is 0 Å². The van der Waals surface area contributed by atoms with E-state index in [1.54, 1.807) is 12.1 Å². The molecule has 1 heterocycles. The highest BCUT2D eigenvalue weighted by atomic mass is 79.9. The van der Waals surface area contributed by atoms with Crippen LogP contribution in [0.3, 0.4) is 0 Å². The summed E-state index contributed by atoms with van der Waals surface area (Å²) < 4.78 is 18.8. The van der Waals surface area contributed by atoms with Crippen molar-refractivity contribution < 1.29 is 19.0 Å². The van der Waals surface area contributed by atoms with E-state index in [1.165, 1.54) is 30.5 Å². The van der Waals surface area contributed by atoms with Gasteiger partial charge in [-0.2, -0.15) is 0 Å². The minimum absolute atomic E-state index is 0.302. The molecule has 1 aromatic heterocycles. The van der Waals surface area contributed by atoms with E-state index in [9.17, 15) is 9.18 Å². The highest BCUT2D eigenvalue weighted by Gasteiger charge is 2.03. The molecule has 0 atom stereocenters. The van der Waals surface area contributed by atoms with Gasteiger partial charge in [0, 0.05) is 18.3 Å². The molecule has 1 aromatic carbocycles. The van der Waals surface area contributed by atoms with Gasteiger partial charge in [-0.15, -0.1) is 0 Å². The Morgan fingerprint density at radius 3 is 2.75 bits per heavy atom. The Morgan fingerprint density at radius 2 is 2.15 bits per heavy atom. The van der Waals surface area contributed by atoms with Crippen LogP contribution in [0.4, 0.5) is 4.39 Å². The summed E-state index contributed by atoms with van der Waals surface area (Å²) >= 11 is 3.06. The molecule has 2 rings (SSSR count). The number of carboxylic acid groups (broad SMARTS) is 1. The van der Waals surface area contributed by atoms with Gasteiger partial charge in [0.1, 0.15) is 11.6 Å². The number of pyridine rings is 1. The molecule has 0 aliphatic heterocycles. The first kappa shape index (κ1) is 14.2. The molecule has 0 fully saturated rings. The topological polar surface area (TPSA) is 59.4 Å². The second-order valence-electron chi connectivity index (χ2n) is 3.78. The Labute approximate surface area is 122 Å².